The minimum absolute atomic E-state index is 0.241. The fraction of sp³-hybridized carbons (Fsp3) is 0.611. The van der Waals surface area contributed by atoms with Gasteiger partial charge in [-0.25, -0.2) is 0 Å². The van der Waals surface area contributed by atoms with Crippen LogP contribution in [-0.2, 0) is 4.79 Å². The third-order valence-electron chi connectivity index (χ3n) is 4.24. The van der Waals surface area contributed by atoms with Crippen molar-refractivity contribution in [2.45, 2.75) is 26.7 Å². The largest absolute Gasteiger partial charge is 0.492 e. The van der Waals surface area contributed by atoms with Gasteiger partial charge in [0, 0.05) is 19.6 Å². The van der Waals surface area contributed by atoms with Crippen molar-refractivity contribution in [2.75, 3.05) is 39.8 Å². The van der Waals surface area contributed by atoms with Gasteiger partial charge in [-0.2, -0.15) is 0 Å². The van der Waals surface area contributed by atoms with E-state index in [1.807, 2.05) is 48.0 Å². The molecule has 0 spiro atoms. The van der Waals surface area contributed by atoms with E-state index in [0.717, 1.165) is 37.4 Å². The second-order valence-corrected chi connectivity index (χ2v) is 6.44. The van der Waals surface area contributed by atoms with Gasteiger partial charge in [-0.05, 0) is 44.4 Å². The molecule has 0 saturated carbocycles. The van der Waals surface area contributed by atoms with Crippen molar-refractivity contribution < 1.29 is 9.53 Å². The van der Waals surface area contributed by atoms with E-state index in [-0.39, 0.29) is 5.91 Å². The third-order valence-corrected chi connectivity index (χ3v) is 4.24. The Balaban J connectivity index is 1.70. The topological polar surface area (TPSA) is 32.8 Å². The predicted molar refractivity (Wildman–Crippen MR) is 89.1 cm³/mol. The van der Waals surface area contributed by atoms with E-state index in [0.29, 0.717) is 19.1 Å². The van der Waals surface area contributed by atoms with Crippen LogP contribution in [0.1, 0.15) is 25.3 Å². The molecular weight excluding hydrogens is 276 g/mol. The van der Waals surface area contributed by atoms with Crippen LogP contribution in [0.3, 0.4) is 0 Å². The molecule has 0 bridgehead atoms. The van der Waals surface area contributed by atoms with Gasteiger partial charge in [0.1, 0.15) is 12.4 Å². The smallest absolute Gasteiger partial charge is 0.236 e. The van der Waals surface area contributed by atoms with Gasteiger partial charge in [0.05, 0.1) is 6.54 Å². The first-order valence-electron chi connectivity index (χ1n) is 8.21. The Labute approximate surface area is 134 Å². The summed E-state index contributed by atoms with van der Waals surface area (Å²) in [5.74, 6) is 1.80. The molecule has 1 unspecified atom stereocenters. The fourth-order valence-electron chi connectivity index (χ4n) is 2.86. The molecule has 1 aromatic carbocycles. The Morgan fingerprint density at radius 1 is 1.41 bits per heavy atom. The third kappa shape index (κ3) is 5.02. The highest BCUT2D eigenvalue weighted by molar-refractivity contribution is 5.78. The van der Waals surface area contributed by atoms with Crippen molar-refractivity contribution in [3.05, 3.63) is 29.8 Å². The SMILES string of the molecule is Cc1ccccc1OCCN(C)CC(=O)N1CCCC(C)C1. The highest BCUT2D eigenvalue weighted by Crippen LogP contribution is 2.16. The lowest BCUT2D eigenvalue weighted by molar-refractivity contribution is -0.133. The number of hydrogen-bond donors (Lipinski definition) is 0. The van der Waals surface area contributed by atoms with Gasteiger partial charge in [0.25, 0.3) is 0 Å². The molecule has 1 saturated heterocycles. The number of rotatable bonds is 6. The number of carbonyl (C=O) groups is 1. The summed E-state index contributed by atoms with van der Waals surface area (Å²) in [7, 11) is 1.98. The lowest BCUT2D eigenvalue weighted by Crippen LogP contribution is -2.44. The van der Waals surface area contributed by atoms with Gasteiger partial charge in [0.15, 0.2) is 0 Å². The molecule has 1 aliphatic rings. The Morgan fingerprint density at radius 2 is 2.18 bits per heavy atom. The van der Waals surface area contributed by atoms with Crippen molar-refractivity contribution in [1.29, 1.82) is 0 Å². The normalized spacial score (nSPS) is 18.5. The number of aryl methyl sites for hydroxylation is 1. The van der Waals surface area contributed by atoms with Crippen LogP contribution >= 0.6 is 0 Å². The van der Waals surface area contributed by atoms with Gasteiger partial charge in [-0.3, -0.25) is 9.69 Å². The molecule has 1 atom stereocenters. The molecule has 1 heterocycles. The summed E-state index contributed by atoms with van der Waals surface area (Å²) in [4.78, 5) is 16.3. The van der Waals surface area contributed by atoms with E-state index in [2.05, 4.69) is 6.92 Å². The maximum atomic E-state index is 12.3. The van der Waals surface area contributed by atoms with E-state index in [9.17, 15) is 4.79 Å². The number of piperidine rings is 1. The first kappa shape index (κ1) is 16.8. The fourth-order valence-corrected chi connectivity index (χ4v) is 2.86. The predicted octanol–water partition coefficient (Wildman–Crippen LogP) is 2.56. The zero-order valence-corrected chi connectivity index (χ0v) is 14.0. The van der Waals surface area contributed by atoms with Crippen LogP contribution in [0.2, 0.25) is 0 Å². The zero-order chi connectivity index (χ0) is 15.9. The molecule has 1 amide bonds. The van der Waals surface area contributed by atoms with Crippen molar-refractivity contribution in [1.82, 2.24) is 9.80 Å². The number of carbonyl (C=O) groups excluding carboxylic acids is 1. The number of amides is 1. The van der Waals surface area contributed by atoms with Crippen LogP contribution in [-0.4, -0.2) is 55.5 Å². The Morgan fingerprint density at radius 3 is 2.91 bits per heavy atom. The quantitative estimate of drug-likeness (QED) is 0.810. The summed E-state index contributed by atoms with van der Waals surface area (Å²) in [6, 6.07) is 8.01. The monoisotopic (exact) mass is 304 g/mol. The van der Waals surface area contributed by atoms with Crippen LogP contribution in [0.4, 0.5) is 0 Å². The number of likely N-dealkylation sites (tertiary alicyclic amines) is 1. The van der Waals surface area contributed by atoms with E-state index in [4.69, 9.17) is 4.74 Å². The Bertz CT molecular complexity index is 490. The molecule has 22 heavy (non-hydrogen) atoms. The maximum absolute atomic E-state index is 12.3. The summed E-state index contributed by atoms with van der Waals surface area (Å²) >= 11 is 0. The summed E-state index contributed by atoms with van der Waals surface area (Å²) in [5.41, 5.74) is 1.14. The summed E-state index contributed by atoms with van der Waals surface area (Å²) in [6.45, 7) is 7.92. The van der Waals surface area contributed by atoms with Gasteiger partial charge in [-0.1, -0.05) is 25.1 Å². The second kappa shape index (κ2) is 8.18. The summed E-state index contributed by atoms with van der Waals surface area (Å²) in [6.07, 6.45) is 2.37. The number of para-hydroxylation sites is 1. The van der Waals surface area contributed by atoms with Crippen LogP contribution in [0.5, 0.6) is 5.75 Å². The standard InChI is InChI=1S/C18H28N2O2/c1-15-7-6-10-20(13-15)18(21)14-19(3)11-12-22-17-9-5-4-8-16(17)2/h4-5,8-9,15H,6-7,10-14H2,1-3H3. The van der Waals surface area contributed by atoms with Crippen molar-refractivity contribution in [3.63, 3.8) is 0 Å². The number of hydrogen-bond acceptors (Lipinski definition) is 3. The zero-order valence-electron chi connectivity index (χ0n) is 14.0. The molecule has 4 nitrogen and oxygen atoms in total. The van der Waals surface area contributed by atoms with Crippen LogP contribution in [0.15, 0.2) is 24.3 Å². The minimum Gasteiger partial charge on any atom is -0.492 e. The van der Waals surface area contributed by atoms with Gasteiger partial charge < -0.3 is 9.64 Å². The number of benzene rings is 1. The van der Waals surface area contributed by atoms with Gasteiger partial charge in [-0.15, -0.1) is 0 Å². The van der Waals surface area contributed by atoms with Gasteiger partial charge >= 0.3 is 0 Å². The molecule has 1 aliphatic heterocycles. The number of likely N-dealkylation sites (N-methyl/N-ethyl adjacent to an activating group) is 1. The van der Waals surface area contributed by atoms with Crippen molar-refractivity contribution in [3.8, 4) is 5.75 Å². The lowest BCUT2D eigenvalue weighted by Gasteiger charge is -2.32. The van der Waals surface area contributed by atoms with Crippen molar-refractivity contribution >= 4 is 5.91 Å². The molecule has 4 heteroatoms. The van der Waals surface area contributed by atoms with E-state index in [1.165, 1.54) is 6.42 Å². The van der Waals surface area contributed by atoms with Gasteiger partial charge in [0.2, 0.25) is 5.91 Å². The number of ether oxygens (including phenoxy) is 1. The van der Waals surface area contributed by atoms with E-state index >= 15 is 0 Å². The summed E-state index contributed by atoms with van der Waals surface area (Å²) < 4.78 is 5.78. The Kier molecular flexibility index (Phi) is 6.25. The number of nitrogens with zero attached hydrogens (tertiary/aromatic N) is 2. The molecule has 0 aliphatic carbocycles. The van der Waals surface area contributed by atoms with E-state index < -0.39 is 0 Å². The second-order valence-electron chi connectivity index (χ2n) is 6.44. The molecule has 1 fully saturated rings. The first-order chi connectivity index (χ1) is 10.6. The molecule has 122 valence electrons. The summed E-state index contributed by atoms with van der Waals surface area (Å²) in [5, 5.41) is 0. The maximum Gasteiger partial charge on any atom is 0.236 e. The highest BCUT2D eigenvalue weighted by Gasteiger charge is 2.21. The molecule has 0 radical (unpaired) electrons. The average Bonchev–Trinajstić information content (AvgIpc) is 2.49. The average molecular weight is 304 g/mol. The minimum atomic E-state index is 0.241. The van der Waals surface area contributed by atoms with E-state index in [1.54, 1.807) is 0 Å². The Hall–Kier alpha value is -1.55. The lowest BCUT2D eigenvalue weighted by atomic mass is 10.0. The molecule has 1 aromatic rings. The van der Waals surface area contributed by atoms with Crippen LogP contribution in [0.25, 0.3) is 0 Å². The van der Waals surface area contributed by atoms with Crippen LogP contribution < -0.4 is 4.74 Å². The van der Waals surface area contributed by atoms with Crippen LogP contribution in [0, 0.1) is 12.8 Å². The highest BCUT2D eigenvalue weighted by atomic mass is 16.5. The first-order valence-corrected chi connectivity index (χ1v) is 8.21. The molecule has 0 N–H and O–H groups in total. The molecule has 0 aromatic heterocycles. The molecular formula is C18H28N2O2. The molecule has 2 rings (SSSR count). The van der Waals surface area contributed by atoms with Crippen molar-refractivity contribution in [2.24, 2.45) is 5.92 Å².